The highest BCUT2D eigenvalue weighted by Crippen LogP contribution is 2.34. The van der Waals surface area contributed by atoms with Gasteiger partial charge in [0.25, 0.3) is 0 Å². The fourth-order valence-corrected chi connectivity index (χ4v) is 3.82. The van der Waals surface area contributed by atoms with Gasteiger partial charge in [-0.1, -0.05) is 31.5 Å². The largest absolute Gasteiger partial charge is 0.453 e. The van der Waals surface area contributed by atoms with Crippen molar-refractivity contribution < 1.29 is 14.6 Å². The van der Waals surface area contributed by atoms with Crippen LogP contribution in [-0.4, -0.2) is 47.1 Å². The summed E-state index contributed by atoms with van der Waals surface area (Å²) in [6.45, 7) is 2.58. The number of hydrogen-bond acceptors (Lipinski definition) is 4. The van der Waals surface area contributed by atoms with Crippen LogP contribution in [0.1, 0.15) is 19.8 Å². The second kappa shape index (κ2) is 6.99. The highest BCUT2D eigenvalue weighted by molar-refractivity contribution is 8.00. The Morgan fingerprint density at radius 3 is 2.75 bits per heavy atom. The number of carbonyl (C=O) groups excluding carboxylic acids is 1. The van der Waals surface area contributed by atoms with Gasteiger partial charge >= 0.3 is 6.09 Å². The minimum Gasteiger partial charge on any atom is -0.453 e. The first kappa shape index (κ1) is 15.2. The molecule has 0 bridgehead atoms. The van der Waals surface area contributed by atoms with Gasteiger partial charge in [-0.25, -0.2) is 4.79 Å². The van der Waals surface area contributed by atoms with Crippen LogP contribution in [0, 0.1) is 0 Å². The minimum atomic E-state index is -0.515. The summed E-state index contributed by atoms with van der Waals surface area (Å²) in [6.07, 6.45) is 0.859. The number of carbonyl (C=O) groups is 1. The van der Waals surface area contributed by atoms with Crippen LogP contribution in [0.5, 0.6) is 0 Å². The lowest BCUT2D eigenvalue weighted by Crippen LogP contribution is -2.39. The first-order valence-electron chi connectivity index (χ1n) is 6.91. The van der Waals surface area contributed by atoms with Gasteiger partial charge in [-0.15, -0.1) is 11.8 Å². The summed E-state index contributed by atoms with van der Waals surface area (Å²) >= 11 is 1.62. The number of thioether (sulfide) groups is 1. The molecule has 0 saturated carbocycles. The summed E-state index contributed by atoms with van der Waals surface area (Å²) in [7, 11) is 1.38. The lowest BCUT2D eigenvalue weighted by molar-refractivity contribution is 0.0857. The Labute approximate surface area is 124 Å². The van der Waals surface area contributed by atoms with Crippen molar-refractivity contribution in [3.63, 3.8) is 0 Å². The van der Waals surface area contributed by atoms with Crippen molar-refractivity contribution in [3.05, 3.63) is 30.3 Å². The molecule has 1 heterocycles. The molecule has 1 amide bonds. The Balaban J connectivity index is 2.09. The molecule has 0 aromatic heterocycles. The molecule has 1 aliphatic heterocycles. The van der Waals surface area contributed by atoms with Crippen molar-refractivity contribution in [2.75, 3.05) is 13.7 Å². The second-order valence-electron chi connectivity index (χ2n) is 4.94. The molecule has 0 aliphatic carbocycles. The number of rotatable bonds is 4. The number of methoxy groups -OCH3 is 1. The molecule has 0 radical (unpaired) electrons. The van der Waals surface area contributed by atoms with Gasteiger partial charge in [0.2, 0.25) is 0 Å². The van der Waals surface area contributed by atoms with Crippen molar-refractivity contribution in [2.24, 2.45) is 0 Å². The molecule has 1 aromatic rings. The molecule has 5 heteroatoms. The lowest BCUT2D eigenvalue weighted by Gasteiger charge is -2.24. The van der Waals surface area contributed by atoms with E-state index in [0.717, 1.165) is 17.7 Å². The minimum absolute atomic E-state index is 0.00644. The zero-order valence-electron chi connectivity index (χ0n) is 11.9. The van der Waals surface area contributed by atoms with Gasteiger partial charge in [-0.05, 0) is 18.6 Å². The van der Waals surface area contributed by atoms with Crippen molar-refractivity contribution in [2.45, 2.75) is 42.1 Å². The normalized spacial score (nSPS) is 25.8. The first-order chi connectivity index (χ1) is 9.67. The maximum atomic E-state index is 11.8. The Morgan fingerprint density at radius 2 is 2.15 bits per heavy atom. The number of likely N-dealkylation sites (tertiary alicyclic amines) is 1. The molecule has 4 nitrogen and oxygen atoms in total. The number of aliphatic hydroxyl groups is 1. The lowest BCUT2D eigenvalue weighted by atomic mass is 10.1. The van der Waals surface area contributed by atoms with E-state index in [2.05, 4.69) is 6.92 Å². The average molecular weight is 295 g/mol. The van der Waals surface area contributed by atoms with E-state index in [0.29, 0.717) is 6.54 Å². The highest BCUT2D eigenvalue weighted by atomic mass is 32.2. The summed E-state index contributed by atoms with van der Waals surface area (Å²) in [5.74, 6) is 0. The van der Waals surface area contributed by atoms with Gasteiger partial charge in [-0.3, -0.25) is 0 Å². The fourth-order valence-electron chi connectivity index (χ4n) is 2.60. The smallest absolute Gasteiger partial charge is 0.409 e. The molecule has 110 valence electrons. The van der Waals surface area contributed by atoms with Crippen molar-refractivity contribution in [1.29, 1.82) is 0 Å². The van der Waals surface area contributed by atoms with E-state index in [1.54, 1.807) is 16.7 Å². The fraction of sp³-hybridized carbons (Fsp3) is 0.533. The number of nitrogens with zero attached hydrogens (tertiary/aromatic N) is 1. The van der Waals surface area contributed by atoms with E-state index < -0.39 is 6.10 Å². The van der Waals surface area contributed by atoms with Crippen LogP contribution in [0.25, 0.3) is 0 Å². The number of benzene rings is 1. The van der Waals surface area contributed by atoms with E-state index in [1.807, 2.05) is 30.3 Å². The topological polar surface area (TPSA) is 49.8 Å². The Hall–Kier alpha value is -1.20. The SMILES string of the molecule is CCC[C@H]1[C@H](O)[C@@H](Sc2ccccc2)CN1C(=O)OC. The van der Waals surface area contributed by atoms with Crippen molar-refractivity contribution in [1.82, 2.24) is 4.90 Å². The molecule has 1 aromatic carbocycles. The van der Waals surface area contributed by atoms with Gasteiger partial charge < -0.3 is 14.7 Å². The summed E-state index contributed by atoms with van der Waals surface area (Å²) in [5.41, 5.74) is 0. The second-order valence-corrected chi connectivity index (χ2v) is 6.25. The number of hydrogen-bond donors (Lipinski definition) is 1. The van der Waals surface area contributed by atoms with Gasteiger partial charge in [0, 0.05) is 11.4 Å². The highest BCUT2D eigenvalue weighted by Gasteiger charge is 2.43. The number of ether oxygens (including phenoxy) is 1. The number of amides is 1. The van der Waals surface area contributed by atoms with E-state index in [9.17, 15) is 9.90 Å². The average Bonchev–Trinajstić information content (AvgIpc) is 2.77. The zero-order chi connectivity index (χ0) is 14.5. The molecule has 20 heavy (non-hydrogen) atoms. The third kappa shape index (κ3) is 3.27. The summed E-state index contributed by atoms with van der Waals surface area (Å²) < 4.78 is 4.82. The van der Waals surface area contributed by atoms with E-state index in [-0.39, 0.29) is 17.4 Å². The standard InChI is InChI=1S/C15H21NO3S/c1-3-7-12-14(17)13(10-16(12)15(18)19-2)20-11-8-5-4-6-9-11/h4-6,8-9,12-14,17H,3,7,10H2,1-2H3/t12-,13-,14-/m0/s1. The Morgan fingerprint density at radius 1 is 1.45 bits per heavy atom. The third-order valence-corrected chi connectivity index (χ3v) is 4.85. The van der Waals surface area contributed by atoms with Crippen LogP contribution in [0.3, 0.4) is 0 Å². The molecule has 1 N–H and O–H groups in total. The molecular weight excluding hydrogens is 274 g/mol. The van der Waals surface area contributed by atoms with Crippen molar-refractivity contribution >= 4 is 17.9 Å². The first-order valence-corrected chi connectivity index (χ1v) is 7.79. The van der Waals surface area contributed by atoms with Gasteiger partial charge in [-0.2, -0.15) is 0 Å². The van der Waals surface area contributed by atoms with Crippen LogP contribution >= 0.6 is 11.8 Å². The Kier molecular flexibility index (Phi) is 5.31. The zero-order valence-corrected chi connectivity index (χ0v) is 12.7. The predicted molar refractivity (Wildman–Crippen MR) is 79.9 cm³/mol. The predicted octanol–water partition coefficient (Wildman–Crippen LogP) is 2.76. The maximum Gasteiger partial charge on any atom is 0.409 e. The molecule has 1 aliphatic rings. The van der Waals surface area contributed by atoms with Crippen molar-refractivity contribution in [3.8, 4) is 0 Å². The van der Waals surface area contributed by atoms with Crippen LogP contribution in [-0.2, 0) is 4.74 Å². The van der Waals surface area contributed by atoms with Gasteiger partial charge in [0.1, 0.15) is 0 Å². The molecular formula is C15H21NO3S. The molecule has 2 rings (SSSR count). The van der Waals surface area contributed by atoms with Crippen LogP contribution < -0.4 is 0 Å². The molecule has 0 spiro atoms. The maximum absolute atomic E-state index is 11.8. The molecule has 0 unspecified atom stereocenters. The molecule has 1 saturated heterocycles. The molecule has 1 fully saturated rings. The molecule has 3 atom stereocenters. The Bertz CT molecular complexity index is 440. The van der Waals surface area contributed by atoms with Crippen LogP contribution in [0.15, 0.2) is 35.2 Å². The number of aliphatic hydroxyl groups excluding tert-OH is 1. The third-order valence-electron chi connectivity index (χ3n) is 3.58. The van der Waals surface area contributed by atoms with Crippen LogP contribution in [0.4, 0.5) is 4.79 Å². The summed E-state index contributed by atoms with van der Waals surface area (Å²) in [6, 6.07) is 9.82. The van der Waals surface area contributed by atoms with E-state index in [1.165, 1.54) is 7.11 Å². The van der Waals surface area contributed by atoms with Crippen LogP contribution in [0.2, 0.25) is 0 Å². The summed E-state index contributed by atoms with van der Waals surface area (Å²) in [5, 5.41) is 10.5. The van der Waals surface area contributed by atoms with E-state index >= 15 is 0 Å². The van der Waals surface area contributed by atoms with Gasteiger partial charge in [0.15, 0.2) is 0 Å². The van der Waals surface area contributed by atoms with E-state index in [4.69, 9.17) is 4.74 Å². The summed E-state index contributed by atoms with van der Waals surface area (Å²) in [4.78, 5) is 14.6. The quantitative estimate of drug-likeness (QED) is 0.928. The van der Waals surface area contributed by atoms with Gasteiger partial charge in [0.05, 0.1) is 24.5 Å². The monoisotopic (exact) mass is 295 g/mol.